The van der Waals surface area contributed by atoms with Gasteiger partial charge in [-0.3, -0.25) is 0 Å². The van der Waals surface area contributed by atoms with E-state index in [2.05, 4.69) is 11.9 Å². The average molecular weight is 311 g/mol. The van der Waals surface area contributed by atoms with Crippen LogP contribution in [0.2, 0.25) is 0 Å². The molecule has 122 valence electrons. The van der Waals surface area contributed by atoms with E-state index in [1.165, 1.54) is 19.3 Å². The van der Waals surface area contributed by atoms with E-state index < -0.39 is 0 Å². The van der Waals surface area contributed by atoms with Crippen LogP contribution in [0, 0.1) is 17.8 Å². The highest BCUT2D eigenvalue weighted by Gasteiger charge is 2.53. The molecule has 0 atom stereocenters. The summed E-state index contributed by atoms with van der Waals surface area (Å²) >= 11 is 0. The Bertz CT molecular complexity index is 569. The van der Waals surface area contributed by atoms with E-state index in [0.29, 0.717) is 6.54 Å². The van der Waals surface area contributed by atoms with Crippen LogP contribution in [0.5, 0.6) is 0 Å². The predicted molar refractivity (Wildman–Crippen MR) is 90.8 cm³/mol. The molecule has 0 aliphatic heterocycles. The van der Waals surface area contributed by atoms with Crippen LogP contribution in [0.25, 0.3) is 6.08 Å². The van der Waals surface area contributed by atoms with E-state index >= 15 is 0 Å². The number of ether oxygens (including phenoxy) is 1. The van der Waals surface area contributed by atoms with Gasteiger partial charge in [-0.25, -0.2) is 4.79 Å². The summed E-state index contributed by atoms with van der Waals surface area (Å²) < 4.78 is 5.95. The molecule has 0 aromatic heterocycles. The Hall–Kier alpha value is -1.77. The predicted octanol–water partition coefficient (Wildman–Crippen LogP) is 4.52. The highest BCUT2D eigenvalue weighted by atomic mass is 16.6. The third kappa shape index (κ3) is 3.01. The van der Waals surface area contributed by atoms with Crippen LogP contribution < -0.4 is 5.32 Å². The Labute approximate surface area is 138 Å². The number of hydrogen-bond acceptors (Lipinski definition) is 2. The fourth-order valence-electron chi connectivity index (χ4n) is 5.33. The van der Waals surface area contributed by atoms with Gasteiger partial charge in [-0.15, -0.1) is 0 Å². The third-order valence-corrected chi connectivity index (χ3v) is 5.94. The largest absolute Gasteiger partial charge is 0.443 e. The minimum absolute atomic E-state index is 0.161. The lowest BCUT2D eigenvalue weighted by Gasteiger charge is -2.55. The number of nitrogens with one attached hydrogen (secondary N) is 1. The Balaban J connectivity index is 1.34. The molecule has 1 N–H and O–H groups in total. The van der Waals surface area contributed by atoms with E-state index in [1.807, 2.05) is 30.3 Å². The Kier molecular flexibility index (Phi) is 3.67. The highest BCUT2D eigenvalue weighted by Crippen LogP contribution is 2.57. The molecule has 4 fully saturated rings. The van der Waals surface area contributed by atoms with Crippen molar-refractivity contribution in [3.63, 3.8) is 0 Å². The Morgan fingerprint density at radius 2 is 1.70 bits per heavy atom. The van der Waals surface area contributed by atoms with Gasteiger partial charge in [0.05, 0.1) is 0 Å². The highest BCUT2D eigenvalue weighted by molar-refractivity contribution is 5.68. The van der Waals surface area contributed by atoms with E-state index in [0.717, 1.165) is 48.1 Å². The number of amides is 1. The minimum Gasteiger partial charge on any atom is -0.443 e. The number of hydrogen-bond donors (Lipinski definition) is 1. The van der Waals surface area contributed by atoms with Crippen molar-refractivity contribution in [2.45, 2.75) is 50.7 Å². The summed E-state index contributed by atoms with van der Waals surface area (Å²) in [4.78, 5) is 12.3. The van der Waals surface area contributed by atoms with Crippen molar-refractivity contribution in [1.29, 1.82) is 0 Å². The van der Waals surface area contributed by atoms with Gasteiger partial charge in [0.2, 0.25) is 0 Å². The lowest BCUT2D eigenvalue weighted by molar-refractivity contribution is -0.127. The molecule has 1 aromatic carbocycles. The molecular formula is C20H25NO2. The zero-order valence-corrected chi connectivity index (χ0v) is 13.6. The van der Waals surface area contributed by atoms with Crippen LogP contribution in [-0.4, -0.2) is 11.7 Å². The van der Waals surface area contributed by atoms with E-state index in [9.17, 15) is 4.79 Å². The summed E-state index contributed by atoms with van der Waals surface area (Å²) in [6.07, 6.45) is 8.90. The van der Waals surface area contributed by atoms with Crippen molar-refractivity contribution in [3.8, 4) is 0 Å². The first-order chi connectivity index (χ1) is 11.1. The molecular weight excluding hydrogens is 286 g/mol. The molecule has 0 unspecified atom stereocenters. The summed E-state index contributed by atoms with van der Waals surface area (Å²) in [7, 11) is 0. The third-order valence-electron chi connectivity index (χ3n) is 5.94. The van der Waals surface area contributed by atoms with Gasteiger partial charge in [-0.1, -0.05) is 36.9 Å². The maximum Gasteiger partial charge on any atom is 0.407 e. The second kappa shape index (κ2) is 5.70. The van der Waals surface area contributed by atoms with Crippen molar-refractivity contribution in [1.82, 2.24) is 5.32 Å². The molecule has 0 radical (unpaired) electrons. The first kappa shape index (κ1) is 14.8. The molecule has 4 aliphatic rings. The second-order valence-electron chi connectivity index (χ2n) is 7.79. The first-order valence-corrected chi connectivity index (χ1v) is 8.82. The summed E-state index contributed by atoms with van der Waals surface area (Å²) in [6.45, 7) is 4.26. The number of alkyl carbamates (subject to hydrolysis) is 1. The molecule has 23 heavy (non-hydrogen) atoms. The van der Waals surface area contributed by atoms with E-state index in [1.54, 1.807) is 0 Å². The monoisotopic (exact) mass is 311 g/mol. The quantitative estimate of drug-likeness (QED) is 0.887. The van der Waals surface area contributed by atoms with E-state index in [4.69, 9.17) is 4.74 Å². The zero-order valence-electron chi connectivity index (χ0n) is 13.6. The fourth-order valence-corrected chi connectivity index (χ4v) is 5.33. The smallest absolute Gasteiger partial charge is 0.407 e. The zero-order chi connectivity index (χ0) is 15.9. The number of rotatable bonds is 4. The number of carbonyl (C=O) groups is 1. The van der Waals surface area contributed by atoms with E-state index in [-0.39, 0.29) is 11.7 Å². The van der Waals surface area contributed by atoms with Gasteiger partial charge < -0.3 is 10.1 Å². The fraction of sp³-hybridized carbons (Fsp3) is 0.550. The lowest BCUT2D eigenvalue weighted by Crippen LogP contribution is -2.53. The normalized spacial score (nSPS) is 34.2. The topological polar surface area (TPSA) is 38.3 Å². The SMILES string of the molecule is C=Cc1ccc(CNC(=O)OC23CC4CC(CC(C4)C2)C3)cc1. The minimum atomic E-state index is -0.250. The Morgan fingerprint density at radius 3 is 2.22 bits per heavy atom. The first-order valence-electron chi connectivity index (χ1n) is 8.82. The van der Waals surface area contributed by atoms with Gasteiger partial charge >= 0.3 is 6.09 Å². The molecule has 3 nitrogen and oxygen atoms in total. The molecule has 4 aliphatic carbocycles. The molecule has 0 saturated heterocycles. The van der Waals surface area contributed by atoms with Crippen molar-refractivity contribution in [3.05, 3.63) is 42.0 Å². The van der Waals surface area contributed by atoms with Gasteiger partial charge in [-0.2, -0.15) is 0 Å². The van der Waals surface area contributed by atoms with Crippen LogP contribution in [0.4, 0.5) is 4.79 Å². The van der Waals surface area contributed by atoms with Crippen LogP contribution in [0.15, 0.2) is 30.8 Å². The maximum absolute atomic E-state index is 12.3. The standard InChI is InChI=1S/C20H25NO2/c1-2-14-3-5-15(6-4-14)13-21-19(22)23-20-10-16-7-17(11-20)9-18(8-16)12-20/h2-6,16-18H,1,7-13H2,(H,21,22). The molecule has 4 saturated carbocycles. The van der Waals surface area contributed by atoms with Crippen LogP contribution in [0.3, 0.4) is 0 Å². The molecule has 3 heteroatoms. The molecule has 4 bridgehead atoms. The van der Waals surface area contributed by atoms with Gasteiger partial charge in [0.1, 0.15) is 5.60 Å². The molecule has 0 heterocycles. The van der Waals surface area contributed by atoms with Crippen LogP contribution in [0.1, 0.15) is 49.7 Å². The van der Waals surface area contributed by atoms with Gasteiger partial charge in [0.25, 0.3) is 0 Å². The van der Waals surface area contributed by atoms with Crippen molar-refractivity contribution < 1.29 is 9.53 Å². The van der Waals surface area contributed by atoms with Crippen LogP contribution >= 0.6 is 0 Å². The summed E-state index contributed by atoms with van der Waals surface area (Å²) in [5.74, 6) is 2.38. The average Bonchev–Trinajstić information content (AvgIpc) is 2.51. The van der Waals surface area contributed by atoms with Crippen molar-refractivity contribution in [2.75, 3.05) is 0 Å². The van der Waals surface area contributed by atoms with Crippen molar-refractivity contribution >= 4 is 12.2 Å². The van der Waals surface area contributed by atoms with Crippen molar-refractivity contribution in [2.24, 2.45) is 17.8 Å². The summed E-state index contributed by atoms with van der Waals surface area (Å²) in [5, 5.41) is 2.92. The summed E-state index contributed by atoms with van der Waals surface area (Å²) in [5.41, 5.74) is 2.01. The van der Waals surface area contributed by atoms with Gasteiger partial charge in [0.15, 0.2) is 0 Å². The Morgan fingerprint density at radius 1 is 1.13 bits per heavy atom. The van der Waals surface area contributed by atoms with Gasteiger partial charge in [0, 0.05) is 6.54 Å². The second-order valence-corrected chi connectivity index (χ2v) is 7.79. The maximum atomic E-state index is 12.3. The molecule has 5 rings (SSSR count). The molecule has 1 amide bonds. The number of benzene rings is 1. The lowest BCUT2D eigenvalue weighted by atomic mass is 9.54. The number of carbonyl (C=O) groups excluding carboxylic acids is 1. The molecule has 1 aromatic rings. The molecule has 0 spiro atoms. The van der Waals surface area contributed by atoms with Crippen LogP contribution in [-0.2, 0) is 11.3 Å². The van der Waals surface area contributed by atoms with Gasteiger partial charge in [-0.05, 0) is 67.4 Å². The summed E-state index contributed by atoms with van der Waals surface area (Å²) in [6, 6.07) is 8.05.